The van der Waals surface area contributed by atoms with Crippen LogP contribution in [0.2, 0.25) is 0 Å². The average molecular weight is 519 g/mol. The summed E-state index contributed by atoms with van der Waals surface area (Å²) in [6.45, 7) is 0.465. The number of aromatic carboxylic acids is 1. The molecule has 0 radical (unpaired) electrons. The average Bonchev–Trinajstić information content (AvgIpc) is 2.98. The molecule has 1 N–H and O–H groups in total. The number of hydrogen-bond acceptors (Lipinski definition) is 4. The quantitative estimate of drug-likeness (QED) is 0.273. The second-order valence-electron chi connectivity index (χ2n) is 8.92. The Morgan fingerprint density at radius 3 is 1.97 bits per heavy atom. The van der Waals surface area contributed by atoms with Gasteiger partial charge in [-0.05, 0) is 53.6 Å². The van der Waals surface area contributed by atoms with E-state index in [2.05, 4.69) is 0 Å². The van der Waals surface area contributed by atoms with Crippen LogP contribution in [-0.2, 0) is 6.54 Å². The van der Waals surface area contributed by atoms with Gasteiger partial charge in [-0.15, -0.1) is 0 Å². The monoisotopic (exact) mass is 518 g/mol. The first kappa shape index (κ1) is 25.5. The lowest BCUT2D eigenvalue weighted by atomic mass is 9.98. The van der Waals surface area contributed by atoms with Gasteiger partial charge in [-0.1, -0.05) is 78.9 Å². The Bertz CT molecular complexity index is 1700. The van der Waals surface area contributed by atoms with Crippen LogP contribution in [0.4, 0.5) is 0 Å². The molecule has 0 fully saturated rings. The summed E-state index contributed by atoms with van der Waals surface area (Å²) in [5.41, 5.74) is 1.65. The lowest BCUT2D eigenvalue weighted by molar-refractivity contribution is 0.0697. The molecule has 7 nitrogen and oxygen atoms in total. The first-order valence-electron chi connectivity index (χ1n) is 12.5. The minimum Gasteiger partial charge on any atom is -0.490 e. The van der Waals surface area contributed by atoms with E-state index >= 15 is 0 Å². The van der Waals surface area contributed by atoms with E-state index in [1.165, 1.54) is 16.7 Å². The molecule has 194 valence electrons. The lowest BCUT2D eigenvalue weighted by Gasteiger charge is -2.22. The van der Waals surface area contributed by atoms with Crippen LogP contribution in [0.1, 0.15) is 27.5 Å². The number of aromatic nitrogens is 2. The zero-order valence-electron chi connectivity index (χ0n) is 21.0. The van der Waals surface area contributed by atoms with Crippen molar-refractivity contribution in [2.45, 2.75) is 12.6 Å². The van der Waals surface area contributed by atoms with Crippen LogP contribution in [0.5, 0.6) is 5.75 Å². The van der Waals surface area contributed by atoms with Crippen LogP contribution in [0.15, 0.2) is 131 Å². The number of rotatable bonds is 9. The Morgan fingerprint density at radius 1 is 0.769 bits per heavy atom. The third-order valence-corrected chi connectivity index (χ3v) is 6.47. The van der Waals surface area contributed by atoms with Crippen molar-refractivity contribution in [1.82, 2.24) is 9.13 Å². The first-order chi connectivity index (χ1) is 19.0. The number of allylic oxidation sites excluding steroid dienone is 1. The number of ether oxygens (including phenoxy) is 1. The predicted molar refractivity (Wildman–Crippen MR) is 151 cm³/mol. The predicted octanol–water partition coefficient (Wildman–Crippen LogP) is 5.13. The van der Waals surface area contributed by atoms with Gasteiger partial charge in [0.2, 0.25) is 0 Å². The number of carboxylic acids is 1. The number of carbonyl (C=O) groups is 1. The van der Waals surface area contributed by atoms with Gasteiger partial charge in [0.15, 0.2) is 0 Å². The summed E-state index contributed by atoms with van der Waals surface area (Å²) in [7, 11) is 0. The van der Waals surface area contributed by atoms with Gasteiger partial charge < -0.3 is 9.84 Å². The molecule has 0 amide bonds. The van der Waals surface area contributed by atoms with E-state index in [9.17, 15) is 14.4 Å². The van der Waals surface area contributed by atoms with Crippen molar-refractivity contribution in [3.63, 3.8) is 0 Å². The molecule has 0 aliphatic carbocycles. The van der Waals surface area contributed by atoms with Crippen LogP contribution in [0, 0.1) is 0 Å². The van der Waals surface area contributed by atoms with Gasteiger partial charge in [0.05, 0.1) is 22.5 Å². The minimum atomic E-state index is -0.998. The molecular weight excluding hydrogens is 492 g/mol. The van der Waals surface area contributed by atoms with Gasteiger partial charge in [-0.3, -0.25) is 9.36 Å². The maximum Gasteiger partial charge on any atom is 0.335 e. The van der Waals surface area contributed by atoms with E-state index < -0.39 is 17.7 Å². The summed E-state index contributed by atoms with van der Waals surface area (Å²) in [4.78, 5) is 38.8. The van der Waals surface area contributed by atoms with Crippen molar-refractivity contribution >= 4 is 16.9 Å². The summed E-state index contributed by atoms with van der Waals surface area (Å²) < 4.78 is 8.60. The summed E-state index contributed by atoms with van der Waals surface area (Å²) >= 11 is 0. The molecule has 0 aliphatic heterocycles. The van der Waals surface area contributed by atoms with Gasteiger partial charge in [0, 0.05) is 6.54 Å². The Labute approximate surface area is 224 Å². The van der Waals surface area contributed by atoms with Gasteiger partial charge in [0.1, 0.15) is 12.4 Å². The summed E-state index contributed by atoms with van der Waals surface area (Å²) in [5.74, 6) is -0.461. The highest BCUT2D eigenvalue weighted by molar-refractivity contribution is 5.87. The Balaban J connectivity index is 1.50. The second-order valence-corrected chi connectivity index (χ2v) is 8.92. The van der Waals surface area contributed by atoms with Gasteiger partial charge in [-0.2, -0.15) is 0 Å². The maximum absolute atomic E-state index is 14.0. The molecule has 0 spiro atoms. The highest BCUT2D eigenvalue weighted by Gasteiger charge is 2.23. The highest BCUT2D eigenvalue weighted by atomic mass is 16.5. The molecule has 1 aromatic heterocycles. The normalized spacial score (nSPS) is 11.3. The molecule has 39 heavy (non-hydrogen) atoms. The van der Waals surface area contributed by atoms with E-state index in [-0.39, 0.29) is 24.3 Å². The van der Waals surface area contributed by atoms with Crippen molar-refractivity contribution < 1.29 is 14.6 Å². The van der Waals surface area contributed by atoms with E-state index in [0.29, 0.717) is 16.7 Å². The standard InChI is InChI=1S/C32H26N2O5/c35-30-27-15-7-8-16-28(27)33(21-9-10-22-39-26-19-17-25(18-20-26)31(36)37)32(38)34(30)29(23-11-3-1-4-12-23)24-13-5-2-6-14-24/h1-20,29H,21-22H2,(H,36,37)/b10-9-. The fourth-order valence-corrected chi connectivity index (χ4v) is 4.59. The van der Waals surface area contributed by atoms with Gasteiger partial charge in [0.25, 0.3) is 5.56 Å². The van der Waals surface area contributed by atoms with Crippen molar-refractivity contribution in [3.8, 4) is 5.75 Å². The van der Waals surface area contributed by atoms with Crippen LogP contribution >= 0.6 is 0 Å². The number of para-hydroxylation sites is 1. The van der Waals surface area contributed by atoms with Crippen molar-refractivity contribution in [2.75, 3.05) is 6.61 Å². The fourth-order valence-electron chi connectivity index (χ4n) is 4.59. The van der Waals surface area contributed by atoms with Crippen LogP contribution in [0.3, 0.4) is 0 Å². The smallest absolute Gasteiger partial charge is 0.335 e. The topological polar surface area (TPSA) is 90.5 Å². The van der Waals surface area contributed by atoms with Crippen molar-refractivity contribution in [1.29, 1.82) is 0 Å². The number of carboxylic acid groups (broad SMARTS) is 1. The Morgan fingerprint density at radius 2 is 1.36 bits per heavy atom. The second kappa shape index (κ2) is 11.5. The maximum atomic E-state index is 14.0. The summed E-state index contributed by atoms with van der Waals surface area (Å²) in [6.07, 6.45) is 3.60. The molecule has 4 aromatic carbocycles. The summed E-state index contributed by atoms with van der Waals surface area (Å²) in [6, 6.07) is 31.7. The fraction of sp³-hybridized carbons (Fsp3) is 0.0938. The van der Waals surface area contributed by atoms with E-state index in [1.54, 1.807) is 41.0 Å². The molecular formula is C32H26N2O5. The largest absolute Gasteiger partial charge is 0.490 e. The number of benzene rings is 4. The molecule has 0 atom stereocenters. The molecule has 1 heterocycles. The molecule has 0 unspecified atom stereocenters. The highest BCUT2D eigenvalue weighted by Crippen LogP contribution is 2.25. The van der Waals surface area contributed by atoms with E-state index in [0.717, 1.165) is 11.1 Å². The first-order valence-corrected chi connectivity index (χ1v) is 12.5. The third-order valence-electron chi connectivity index (χ3n) is 6.47. The zero-order chi connectivity index (χ0) is 27.2. The lowest BCUT2D eigenvalue weighted by Crippen LogP contribution is -2.43. The number of fused-ring (bicyclic) bond motifs is 1. The minimum absolute atomic E-state index is 0.184. The van der Waals surface area contributed by atoms with E-state index in [1.807, 2.05) is 72.8 Å². The molecule has 0 saturated heterocycles. The van der Waals surface area contributed by atoms with E-state index in [4.69, 9.17) is 9.84 Å². The van der Waals surface area contributed by atoms with Crippen LogP contribution in [-0.4, -0.2) is 26.8 Å². The summed E-state index contributed by atoms with van der Waals surface area (Å²) in [5, 5.41) is 9.48. The molecule has 5 aromatic rings. The Kier molecular flexibility index (Phi) is 7.50. The molecule has 0 saturated carbocycles. The molecule has 0 aliphatic rings. The van der Waals surface area contributed by atoms with Crippen LogP contribution in [0.25, 0.3) is 10.9 Å². The Hall–Kier alpha value is -5.17. The SMILES string of the molecule is O=C(O)c1ccc(OC/C=C\Cn2c(=O)n(C(c3ccccc3)c3ccccc3)c(=O)c3ccccc32)cc1. The molecule has 7 heteroatoms. The van der Waals surface area contributed by atoms with Gasteiger partial charge >= 0.3 is 11.7 Å². The van der Waals surface area contributed by atoms with Crippen LogP contribution < -0.4 is 16.0 Å². The number of hydrogen-bond donors (Lipinski definition) is 1. The molecule has 5 rings (SSSR count). The van der Waals surface area contributed by atoms with Crippen molar-refractivity contribution in [2.24, 2.45) is 0 Å². The number of nitrogens with zero attached hydrogens (tertiary/aromatic N) is 2. The third kappa shape index (κ3) is 5.43. The molecule has 0 bridgehead atoms. The zero-order valence-corrected chi connectivity index (χ0v) is 21.0. The van der Waals surface area contributed by atoms with Gasteiger partial charge in [-0.25, -0.2) is 14.2 Å². The van der Waals surface area contributed by atoms with Crippen molar-refractivity contribution in [3.05, 3.63) is 159 Å².